The fourth-order valence-corrected chi connectivity index (χ4v) is 3.89. The van der Waals surface area contributed by atoms with Crippen molar-refractivity contribution in [1.82, 2.24) is 10.1 Å². The van der Waals surface area contributed by atoms with Crippen LogP contribution in [0.2, 0.25) is 0 Å². The number of aryl methyl sites for hydroxylation is 1. The van der Waals surface area contributed by atoms with Crippen LogP contribution < -0.4 is 10.2 Å². The van der Waals surface area contributed by atoms with Crippen LogP contribution in [-0.2, 0) is 4.79 Å². The van der Waals surface area contributed by atoms with Crippen molar-refractivity contribution >= 4 is 23.3 Å². The molecule has 1 aromatic carbocycles. The first kappa shape index (κ1) is 17.6. The molecule has 0 radical (unpaired) electrons. The van der Waals surface area contributed by atoms with Gasteiger partial charge in [0, 0.05) is 37.0 Å². The van der Waals surface area contributed by atoms with Crippen molar-refractivity contribution in [2.45, 2.75) is 45.1 Å². The van der Waals surface area contributed by atoms with Gasteiger partial charge in [-0.25, -0.2) is 4.79 Å². The maximum absolute atomic E-state index is 12.9. The Kier molecular flexibility index (Phi) is 4.83. The van der Waals surface area contributed by atoms with Gasteiger partial charge in [-0.15, -0.1) is 0 Å². The van der Waals surface area contributed by atoms with Crippen LogP contribution in [0.4, 0.5) is 16.2 Å². The lowest BCUT2D eigenvalue weighted by Gasteiger charge is -2.34. The molecule has 3 amide bonds. The molecular weight excluding hydrogens is 344 g/mol. The molecule has 1 aromatic heterocycles. The lowest BCUT2D eigenvalue weighted by molar-refractivity contribution is -0.117. The van der Waals surface area contributed by atoms with E-state index in [4.69, 9.17) is 4.52 Å². The minimum atomic E-state index is -0.148. The van der Waals surface area contributed by atoms with Crippen LogP contribution in [0.1, 0.15) is 49.6 Å². The summed E-state index contributed by atoms with van der Waals surface area (Å²) in [6.07, 6.45) is 4.38. The first-order valence-corrected chi connectivity index (χ1v) is 9.53. The minimum absolute atomic E-state index is 0.0699. The predicted octanol–water partition coefficient (Wildman–Crippen LogP) is 3.87. The van der Waals surface area contributed by atoms with Crippen molar-refractivity contribution in [3.8, 4) is 0 Å². The topological polar surface area (TPSA) is 78.7 Å². The maximum Gasteiger partial charge on any atom is 0.322 e. The van der Waals surface area contributed by atoms with Gasteiger partial charge in [0.1, 0.15) is 11.5 Å². The molecule has 2 saturated heterocycles. The molecule has 3 heterocycles. The molecule has 2 aromatic rings. The van der Waals surface area contributed by atoms with E-state index in [9.17, 15) is 9.59 Å². The van der Waals surface area contributed by atoms with Gasteiger partial charge in [-0.3, -0.25) is 4.79 Å². The van der Waals surface area contributed by atoms with E-state index in [1.165, 1.54) is 0 Å². The molecule has 0 spiro atoms. The third-order valence-corrected chi connectivity index (χ3v) is 5.23. The number of nitrogens with one attached hydrogen (secondary N) is 1. The Morgan fingerprint density at radius 2 is 2.11 bits per heavy atom. The molecule has 2 fully saturated rings. The number of carbonyl (C=O) groups excluding carboxylic acids is 2. The van der Waals surface area contributed by atoms with Crippen molar-refractivity contribution < 1.29 is 14.1 Å². The van der Waals surface area contributed by atoms with E-state index in [1.54, 1.807) is 4.90 Å². The maximum atomic E-state index is 12.9. The number of carbonyl (C=O) groups is 2. The molecule has 1 unspecified atom stereocenters. The first-order valence-electron chi connectivity index (χ1n) is 9.53. The zero-order valence-corrected chi connectivity index (χ0v) is 15.5. The Labute approximate surface area is 158 Å². The SMILES string of the molecule is Cc1cc(C2CCCCN2C(=O)Nc2cccc(N3CCCC3=O)c2)no1. The number of amides is 3. The smallest absolute Gasteiger partial charge is 0.322 e. The Balaban J connectivity index is 1.50. The molecule has 0 saturated carbocycles. The summed E-state index contributed by atoms with van der Waals surface area (Å²) in [6, 6.07) is 9.16. The fourth-order valence-electron chi connectivity index (χ4n) is 3.89. The number of urea groups is 1. The van der Waals surface area contributed by atoms with Crippen LogP contribution in [0.3, 0.4) is 0 Å². The predicted molar refractivity (Wildman–Crippen MR) is 102 cm³/mol. The van der Waals surface area contributed by atoms with Gasteiger partial charge < -0.3 is 19.6 Å². The van der Waals surface area contributed by atoms with Crippen LogP contribution in [0, 0.1) is 6.92 Å². The lowest BCUT2D eigenvalue weighted by Crippen LogP contribution is -2.41. The van der Waals surface area contributed by atoms with E-state index in [0.717, 1.165) is 49.4 Å². The van der Waals surface area contributed by atoms with Crippen LogP contribution >= 0.6 is 0 Å². The molecule has 0 bridgehead atoms. The highest BCUT2D eigenvalue weighted by molar-refractivity contribution is 5.96. The van der Waals surface area contributed by atoms with Crippen molar-refractivity contribution in [3.05, 3.63) is 41.8 Å². The van der Waals surface area contributed by atoms with Gasteiger partial charge in [0.25, 0.3) is 0 Å². The molecule has 27 heavy (non-hydrogen) atoms. The summed E-state index contributed by atoms with van der Waals surface area (Å²) < 4.78 is 5.20. The Bertz CT molecular complexity index is 847. The van der Waals surface area contributed by atoms with Gasteiger partial charge in [0.2, 0.25) is 5.91 Å². The molecule has 1 N–H and O–H groups in total. The van der Waals surface area contributed by atoms with E-state index in [1.807, 2.05) is 42.2 Å². The van der Waals surface area contributed by atoms with Gasteiger partial charge in [0.15, 0.2) is 0 Å². The summed E-state index contributed by atoms with van der Waals surface area (Å²) in [5.74, 6) is 0.884. The molecule has 142 valence electrons. The summed E-state index contributed by atoms with van der Waals surface area (Å²) in [6.45, 7) is 3.28. The van der Waals surface area contributed by atoms with Crippen molar-refractivity contribution in [1.29, 1.82) is 0 Å². The van der Waals surface area contributed by atoms with Crippen LogP contribution in [0.15, 0.2) is 34.9 Å². The van der Waals surface area contributed by atoms with Gasteiger partial charge in [-0.2, -0.15) is 0 Å². The van der Waals surface area contributed by atoms with Crippen molar-refractivity contribution in [2.24, 2.45) is 0 Å². The number of nitrogens with zero attached hydrogens (tertiary/aromatic N) is 3. The lowest BCUT2D eigenvalue weighted by atomic mass is 9.99. The summed E-state index contributed by atoms with van der Waals surface area (Å²) in [5.41, 5.74) is 2.33. The number of rotatable bonds is 3. The quantitative estimate of drug-likeness (QED) is 0.892. The molecule has 0 aliphatic carbocycles. The Morgan fingerprint density at radius 1 is 1.22 bits per heavy atom. The number of likely N-dealkylation sites (tertiary alicyclic amines) is 1. The van der Waals surface area contributed by atoms with Gasteiger partial charge in [0.05, 0.1) is 6.04 Å². The van der Waals surface area contributed by atoms with Crippen LogP contribution in [-0.4, -0.2) is 35.1 Å². The summed E-state index contributed by atoms with van der Waals surface area (Å²) >= 11 is 0. The minimum Gasteiger partial charge on any atom is -0.361 e. The van der Waals surface area contributed by atoms with Crippen LogP contribution in [0.25, 0.3) is 0 Å². The number of aromatic nitrogens is 1. The number of anilines is 2. The van der Waals surface area contributed by atoms with Crippen molar-refractivity contribution in [3.63, 3.8) is 0 Å². The monoisotopic (exact) mass is 368 g/mol. The van der Waals surface area contributed by atoms with E-state index in [2.05, 4.69) is 10.5 Å². The molecule has 4 rings (SSSR count). The first-order chi connectivity index (χ1) is 13.1. The molecule has 1 atom stereocenters. The third kappa shape index (κ3) is 3.67. The number of hydrogen-bond acceptors (Lipinski definition) is 4. The zero-order valence-electron chi connectivity index (χ0n) is 15.5. The second kappa shape index (κ2) is 7.42. The number of hydrogen-bond donors (Lipinski definition) is 1. The number of piperidine rings is 1. The molecule has 2 aliphatic heterocycles. The third-order valence-electron chi connectivity index (χ3n) is 5.23. The van der Waals surface area contributed by atoms with E-state index >= 15 is 0 Å². The van der Waals surface area contributed by atoms with Gasteiger partial charge >= 0.3 is 6.03 Å². The zero-order chi connectivity index (χ0) is 18.8. The van der Waals surface area contributed by atoms with E-state index < -0.39 is 0 Å². The highest BCUT2D eigenvalue weighted by Gasteiger charge is 2.30. The largest absolute Gasteiger partial charge is 0.361 e. The van der Waals surface area contributed by atoms with E-state index in [-0.39, 0.29) is 18.0 Å². The molecule has 7 nitrogen and oxygen atoms in total. The fraction of sp³-hybridized carbons (Fsp3) is 0.450. The number of benzene rings is 1. The van der Waals surface area contributed by atoms with Gasteiger partial charge in [-0.05, 0) is 50.8 Å². The normalized spacial score (nSPS) is 20.2. The highest BCUT2D eigenvalue weighted by Crippen LogP contribution is 2.31. The molecule has 2 aliphatic rings. The molecular formula is C20H24N4O3. The molecule has 7 heteroatoms. The highest BCUT2D eigenvalue weighted by atomic mass is 16.5. The summed E-state index contributed by atoms with van der Waals surface area (Å²) in [7, 11) is 0. The summed E-state index contributed by atoms with van der Waals surface area (Å²) in [5, 5.41) is 7.10. The second-order valence-electron chi connectivity index (χ2n) is 7.20. The Hall–Kier alpha value is -2.83. The standard InChI is InChI=1S/C20H24N4O3/c1-14-12-17(22-27-14)18-8-2-3-10-24(18)20(26)21-15-6-4-7-16(13-15)23-11-5-9-19(23)25/h4,6-7,12-13,18H,2-3,5,8-11H2,1H3,(H,21,26). The van der Waals surface area contributed by atoms with Crippen LogP contribution in [0.5, 0.6) is 0 Å². The average Bonchev–Trinajstić information content (AvgIpc) is 3.30. The average molecular weight is 368 g/mol. The summed E-state index contributed by atoms with van der Waals surface area (Å²) in [4.78, 5) is 28.5. The van der Waals surface area contributed by atoms with Gasteiger partial charge in [-0.1, -0.05) is 11.2 Å². The van der Waals surface area contributed by atoms with E-state index in [0.29, 0.717) is 18.7 Å². The van der Waals surface area contributed by atoms with Crippen molar-refractivity contribution in [2.75, 3.05) is 23.3 Å². The second-order valence-corrected chi connectivity index (χ2v) is 7.20. The Morgan fingerprint density at radius 3 is 2.85 bits per heavy atom.